The minimum absolute atomic E-state index is 0.0335. The molecule has 0 saturated carbocycles. The van der Waals surface area contributed by atoms with Crippen molar-refractivity contribution in [2.24, 2.45) is 5.10 Å². The number of hydrogen-bond acceptors (Lipinski definition) is 6. The number of benzene rings is 2. The highest BCUT2D eigenvalue weighted by Crippen LogP contribution is 2.40. The summed E-state index contributed by atoms with van der Waals surface area (Å²) in [6, 6.07) is 12.3. The fourth-order valence-electron chi connectivity index (χ4n) is 4.18. The maximum Gasteiger partial charge on any atom is 0.310 e. The predicted octanol–water partition coefficient (Wildman–Crippen LogP) is 4.53. The molecule has 8 heteroatoms. The van der Waals surface area contributed by atoms with Crippen LogP contribution in [0.1, 0.15) is 45.7 Å². The summed E-state index contributed by atoms with van der Waals surface area (Å²) in [5.41, 5.74) is 6.46. The highest BCUT2D eigenvalue weighted by atomic mass is 16.6. The van der Waals surface area contributed by atoms with E-state index in [1.807, 2.05) is 12.1 Å². The molecule has 1 aliphatic rings. The molecule has 0 aromatic heterocycles. The molecule has 0 atom stereocenters. The fraction of sp³-hybridized carbons (Fsp3) is 0.333. The van der Waals surface area contributed by atoms with Crippen molar-refractivity contribution in [3.8, 4) is 5.75 Å². The largest absolute Gasteiger partial charge is 0.477 e. The van der Waals surface area contributed by atoms with Crippen LogP contribution in [0.15, 0.2) is 53.6 Å². The summed E-state index contributed by atoms with van der Waals surface area (Å²) < 4.78 is 5.26. The van der Waals surface area contributed by atoms with Gasteiger partial charge in [-0.25, -0.2) is 5.43 Å². The van der Waals surface area contributed by atoms with Gasteiger partial charge in [0.15, 0.2) is 12.4 Å². The van der Waals surface area contributed by atoms with E-state index in [1.165, 1.54) is 29.5 Å². The topological polar surface area (TPSA) is 97.1 Å². The Morgan fingerprint density at radius 2 is 2.00 bits per heavy atom. The Hall–Kier alpha value is -3.68. The highest BCUT2D eigenvalue weighted by molar-refractivity contribution is 5.88. The van der Waals surface area contributed by atoms with Gasteiger partial charge in [-0.3, -0.25) is 14.9 Å². The Morgan fingerprint density at radius 3 is 2.69 bits per heavy atom. The van der Waals surface area contributed by atoms with Gasteiger partial charge < -0.3 is 9.64 Å². The first-order valence-corrected chi connectivity index (χ1v) is 10.4. The second-order valence-corrected chi connectivity index (χ2v) is 8.53. The molecule has 32 heavy (non-hydrogen) atoms. The van der Waals surface area contributed by atoms with Gasteiger partial charge in [0, 0.05) is 23.4 Å². The van der Waals surface area contributed by atoms with Gasteiger partial charge in [-0.15, -0.1) is 0 Å². The number of nitro benzene ring substituents is 1. The van der Waals surface area contributed by atoms with Gasteiger partial charge in [-0.1, -0.05) is 24.3 Å². The summed E-state index contributed by atoms with van der Waals surface area (Å²) >= 11 is 0. The molecule has 0 bridgehead atoms. The Balaban J connectivity index is 1.66. The second-order valence-electron chi connectivity index (χ2n) is 8.53. The smallest absolute Gasteiger partial charge is 0.310 e. The van der Waals surface area contributed by atoms with E-state index in [2.05, 4.69) is 62.2 Å². The number of carbonyl (C=O) groups excluding carboxylic acids is 1. The molecule has 168 valence electrons. The Labute approximate surface area is 187 Å². The average Bonchev–Trinajstić information content (AvgIpc) is 2.71. The summed E-state index contributed by atoms with van der Waals surface area (Å²) in [6.45, 7) is 10.5. The predicted molar refractivity (Wildman–Crippen MR) is 126 cm³/mol. The first kappa shape index (κ1) is 23.0. The summed E-state index contributed by atoms with van der Waals surface area (Å²) in [6.07, 6.45) is 3.83. The lowest BCUT2D eigenvalue weighted by atomic mass is 9.87. The number of nitrogens with zero attached hydrogens (tertiary/aromatic N) is 3. The van der Waals surface area contributed by atoms with Crippen LogP contribution in [0.3, 0.4) is 0 Å². The molecule has 1 N–H and O–H groups in total. The van der Waals surface area contributed by atoms with Gasteiger partial charge in [0.25, 0.3) is 5.91 Å². The van der Waals surface area contributed by atoms with Gasteiger partial charge in [-0.2, -0.15) is 5.10 Å². The summed E-state index contributed by atoms with van der Waals surface area (Å²) in [5, 5.41) is 15.0. The maximum atomic E-state index is 12.0. The van der Waals surface area contributed by atoms with E-state index in [1.54, 1.807) is 12.3 Å². The van der Waals surface area contributed by atoms with Crippen LogP contribution >= 0.6 is 0 Å². The van der Waals surface area contributed by atoms with Crippen LogP contribution in [0.5, 0.6) is 5.75 Å². The molecule has 0 spiro atoms. The summed E-state index contributed by atoms with van der Waals surface area (Å²) in [5.74, 6) is -0.479. The van der Waals surface area contributed by atoms with E-state index in [0.29, 0.717) is 6.04 Å². The van der Waals surface area contributed by atoms with Crippen LogP contribution < -0.4 is 15.1 Å². The number of nitrogens with one attached hydrogen (secondary N) is 1. The zero-order valence-corrected chi connectivity index (χ0v) is 19.0. The van der Waals surface area contributed by atoms with Crippen LogP contribution in [0.2, 0.25) is 0 Å². The minimum Gasteiger partial charge on any atom is -0.477 e. The number of fused-ring (bicyclic) bond motifs is 1. The number of para-hydroxylation sites is 2. The molecule has 8 nitrogen and oxygen atoms in total. The van der Waals surface area contributed by atoms with Gasteiger partial charge in [0.05, 0.1) is 16.7 Å². The third-order valence-corrected chi connectivity index (χ3v) is 5.24. The van der Waals surface area contributed by atoms with Crippen molar-refractivity contribution in [3.05, 3.63) is 69.8 Å². The third kappa shape index (κ3) is 4.96. The fourth-order valence-corrected chi connectivity index (χ4v) is 4.18. The van der Waals surface area contributed by atoms with Gasteiger partial charge in [0.2, 0.25) is 0 Å². The molecular weight excluding hydrogens is 408 g/mol. The number of rotatable bonds is 7. The Bertz CT molecular complexity index is 1090. The molecule has 0 unspecified atom stereocenters. The number of carbonyl (C=O) groups is 1. The van der Waals surface area contributed by atoms with Gasteiger partial charge in [-0.05, 0) is 64.0 Å². The monoisotopic (exact) mass is 436 g/mol. The van der Waals surface area contributed by atoms with E-state index in [4.69, 9.17) is 4.74 Å². The lowest BCUT2D eigenvalue weighted by molar-refractivity contribution is -0.385. The number of anilines is 1. The number of allylic oxidation sites excluding steroid dienone is 1. The normalized spacial score (nSPS) is 14.8. The number of hydrogen-bond donors (Lipinski definition) is 1. The Morgan fingerprint density at radius 1 is 1.28 bits per heavy atom. The van der Waals surface area contributed by atoms with Crippen molar-refractivity contribution in [3.63, 3.8) is 0 Å². The zero-order valence-electron chi connectivity index (χ0n) is 19.0. The van der Waals surface area contributed by atoms with E-state index in [9.17, 15) is 14.9 Å². The number of ether oxygens (including phenoxy) is 1. The van der Waals surface area contributed by atoms with Crippen LogP contribution in [0, 0.1) is 10.1 Å². The van der Waals surface area contributed by atoms with Crippen molar-refractivity contribution >= 4 is 29.1 Å². The van der Waals surface area contributed by atoms with Crippen LogP contribution in [-0.2, 0) is 4.79 Å². The molecule has 0 aliphatic carbocycles. The first-order valence-electron chi connectivity index (χ1n) is 10.4. The summed E-state index contributed by atoms with van der Waals surface area (Å²) in [7, 11) is 0. The van der Waals surface area contributed by atoms with Crippen LogP contribution in [-0.4, -0.2) is 35.2 Å². The molecule has 2 aromatic rings. The molecule has 0 radical (unpaired) electrons. The summed E-state index contributed by atoms with van der Waals surface area (Å²) in [4.78, 5) is 24.9. The molecule has 0 saturated heterocycles. The van der Waals surface area contributed by atoms with Crippen molar-refractivity contribution in [1.82, 2.24) is 5.43 Å². The second kappa shape index (κ2) is 9.21. The van der Waals surface area contributed by atoms with Crippen molar-refractivity contribution in [2.75, 3.05) is 11.5 Å². The lowest BCUT2D eigenvalue weighted by Gasteiger charge is -2.46. The zero-order chi connectivity index (χ0) is 23.5. The Kier molecular flexibility index (Phi) is 6.62. The van der Waals surface area contributed by atoms with Gasteiger partial charge in [0.1, 0.15) is 0 Å². The maximum absolute atomic E-state index is 12.0. The lowest BCUT2D eigenvalue weighted by Crippen LogP contribution is -2.49. The van der Waals surface area contributed by atoms with E-state index < -0.39 is 10.8 Å². The number of nitro groups is 1. The van der Waals surface area contributed by atoms with Crippen molar-refractivity contribution in [1.29, 1.82) is 0 Å². The SMILES string of the molecule is CC1=CC(C)(C)N(C(C)C)c2ccc(/C=N/NC(=O)COc3ccccc3[N+](=O)[O-])cc21. The van der Waals surface area contributed by atoms with Crippen LogP contribution in [0.4, 0.5) is 11.4 Å². The molecule has 1 aliphatic heterocycles. The molecule has 0 fully saturated rings. The quantitative estimate of drug-likeness (QED) is 0.391. The van der Waals surface area contributed by atoms with Gasteiger partial charge >= 0.3 is 5.69 Å². The third-order valence-electron chi connectivity index (χ3n) is 5.24. The van der Waals surface area contributed by atoms with Crippen molar-refractivity contribution < 1.29 is 14.5 Å². The van der Waals surface area contributed by atoms with E-state index >= 15 is 0 Å². The first-order chi connectivity index (χ1) is 15.1. The van der Waals surface area contributed by atoms with Crippen molar-refractivity contribution in [2.45, 2.75) is 46.2 Å². The molecular formula is C24H28N4O4. The standard InChI is InChI=1S/C24H28N4O4/c1-16(2)27-20-11-10-18(12-19(20)17(3)13-24(27,4)5)14-25-26-23(29)15-32-22-9-7-6-8-21(22)28(30)31/h6-14,16H,15H2,1-5H3,(H,26,29)/b25-14+. The molecule has 2 aromatic carbocycles. The number of hydrazone groups is 1. The number of amides is 1. The van der Waals surface area contributed by atoms with E-state index in [0.717, 1.165) is 11.1 Å². The molecule has 3 rings (SSSR count). The van der Waals surface area contributed by atoms with Crippen LogP contribution in [0.25, 0.3) is 5.57 Å². The molecule has 1 amide bonds. The highest BCUT2D eigenvalue weighted by Gasteiger charge is 2.32. The average molecular weight is 437 g/mol. The van der Waals surface area contributed by atoms with E-state index in [-0.39, 0.29) is 23.6 Å². The molecule has 1 heterocycles. The minimum atomic E-state index is -0.556.